The fourth-order valence-electron chi connectivity index (χ4n) is 5.47. The summed E-state index contributed by atoms with van der Waals surface area (Å²) in [5.41, 5.74) is 3.37. The molecular formula is C26H28N2O6. The highest BCUT2D eigenvalue weighted by Gasteiger charge is 2.49. The number of hydrogen-bond acceptors (Lipinski definition) is 5. The summed E-state index contributed by atoms with van der Waals surface area (Å²) in [6, 6.07) is 16.1. The van der Waals surface area contributed by atoms with Crippen LogP contribution in [0.5, 0.6) is 0 Å². The van der Waals surface area contributed by atoms with Gasteiger partial charge >= 0.3 is 12.1 Å². The summed E-state index contributed by atoms with van der Waals surface area (Å²) in [5.74, 6) is -2.29. The molecule has 0 spiro atoms. The molecule has 0 radical (unpaired) electrons. The standard InChI is InChI=1S/C26H28N2O6/c29-17-12-16(23(30)31)13-28(14-17)24(32)26(10-5-11-26)27-25(33)34-15-22-20-8-3-1-6-18(20)19-7-2-4-9-21(19)22/h1-4,6-9,16-17,22,29H,5,10-15H2,(H,27,33)(H,30,31). The van der Waals surface area contributed by atoms with Crippen LogP contribution in [0, 0.1) is 5.92 Å². The highest BCUT2D eigenvalue weighted by molar-refractivity contribution is 5.91. The number of nitrogens with one attached hydrogen (secondary N) is 1. The number of likely N-dealkylation sites (tertiary alicyclic amines) is 1. The molecular weight excluding hydrogens is 436 g/mol. The minimum Gasteiger partial charge on any atom is -0.481 e. The Labute approximate surface area is 197 Å². The van der Waals surface area contributed by atoms with Gasteiger partial charge in [0.05, 0.1) is 12.0 Å². The first kappa shape index (κ1) is 22.4. The third-order valence-electron chi connectivity index (χ3n) is 7.37. The molecule has 0 aromatic heterocycles. The number of carboxylic acid groups (broad SMARTS) is 1. The zero-order chi connectivity index (χ0) is 23.9. The average Bonchev–Trinajstić information content (AvgIpc) is 3.13. The second-order valence-electron chi connectivity index (χ2n) is 9.52. The predicted molar refractivity (Wildman–Crippen MR) is 123 cm³/mol. The fraction of sp³-hybridized carbons (Fsp3) is 0.423. The number of aliphatic hydroxyl groups is 1. The molecule has 2 aromatic rings. The maximum Gasteiger partial charge on any atom is 0.408 e. The third kappa shape index (κ3) is 3.92. The zero-order valence-electron chi connectivity index (χ0n) is 18.8. The smallest absolute Gasteiger partial charge is 0.408 e. The van der Waals surface area contributed by atoms with E-state index in [4.69, 9.17) is 4.74 Å². The summed E-state index contributed by atoms with van der Waals surface area (Å²) in [6.07, 6.45) is 0.244. The number of hydrogen-bond donors (Lipinski definition) is 3. The van der Waals surface area contributed by atoms with Crippen LogP contribution in [0.4, 0.5) is 4.79 Å². The third-order valence-corrected chi connectivity index (χ3v) is 7.37. The summed E-state index contributed by atoms with van der Waals surface area (Å²) in [7, 11) is 0. The summed E-state index contributed by atoms with van der Waals surface area (Å²) in [6.45, 7) is 0.240. The highest BCUT2D eigenvalue weighted by Crippen LogP contribution is 2.44. The maximum absolute atomic E-state index is 13.3. The van der Waals surface area contributed by atoms with E-state index < -0.39 is 29.6 Å². The Hall–Kier alpha value is -3.39. The van der Waals surface area contributed by atoms with Gasteiger partial charge in [-0.05, 0) is 47.9 Å². The van der Waals surface area contributed by atoms with Gasteiger partial charge in [0.2, 0.25) is 5.91 Å². The van der Waals surface area contributed by atoms with Crippen LogP contribution < -0.4 is 5.32 Å². The number of rotatable bonds is 5. The second-order valence-corrected chi connectivity index (χ2v) is 9.52. The number of carbonyl (C=O) groups is 3. The van der Waals surface area contributed by atoms with Crippen LogP contribution in [0.25, 0.3) is 11.1 Å². The first-order valence-electron chi connectivity index (χ1n) is 11.7. The van der Waals surface area contributed by atoms with Crippen LogP contribution >= 0.6 is 0 Å². The second kappa shape index (κ2) is 8.76. The van der Waals surface area contributed by atoms with Crippen molar-refractivity contribution in [1.82, 2.24) is 10.2 Å². The molecule has 8 nitrogen and oxygen atoms in total. The lowest BCUT2D eigenvalue weighted by Crippen LogP contribution is -2.65. The Morgan fingerprint density at radius 3 is 2.18 bits per heavy atom. The lowest BCUT2D eigenvalue weighted by atomic mass is 9.75. The summed E-state index contributed by atoms with van der Waals surface area (Å²) >= 11 is 0. The molecule has 2 fully saturated rings. The number of piperidine rings is 1. The number of alkyl carbamates (subject to hydrolysis) is 1. The fourth-order valence-corrected chi connectivity index (χ4v) is 5.47. The van der Waals surface area contributed by atoms with Crippen molar-refractivity contribution in [1.29, 1.82) is 0 Å². The van der Waals surface area contributed by atoms with Crippen molar-refractivity contribution in [2.24, 2.45) is 5.92 Å². The van der Waals surface area contributed by atoms with E-state index in [1.54, 1.807) is 0 Å². The molecule has 1 saturated carbocycles. The average molecular weight is 465 g/mol. The zero-order valence-corrected chi connectivity index (χ0v) is 18.8. The van der Waals surface area contributed by atoms with Crippen molar-refractivity contribution in [2.75, 3.05) is 19.7 Å². The van der Waals surface area contributed by atoms with Gasteiger partial charge in [0.25, 0.3) is 0 Å². The molecule has 1 aliphatic heterocycles. The molecule has 178 valence electrons. The van der Waals surface area contributed by atoms with Gasteiger partial charge in [0.15, 0.2) is 0 Å². The molecule has 2 aliphatic carbocycles. The molecule has 2 aromatic carbocycles. The van der Waals surface area contributed by atoms with Gasteiger partial charge in [-0.1, -0.05) is 48.5 Å². The summed E-state index contributed by atoms with van der Waals surface area (Å²) < 4.78 is 5.62. The predicted octanol–water partition coefficient (Wildman–Crippen LogP) is 2.74. The maximum atomic E-state index is 13.3. The van der Waals surface area contributed by atoms with Gasteiger partial charge in [-0.25, -0.2) is 4.79 Å². The summed E-state index contributed by atoms with van der Waals surface area (Å²) in [4.78, 5) is 38.9. The molecule has 8 heteroatoms. The first-order chi connectivity index (χ1) is 16.4. The van der Waals surface area contributed by atoms with Crippen molar-refractivity contribution >= 4 is 18.0 Å². The quantitative estimate of drug-likeness (QED) is 0.627. The van der Waals surface area contributed by atoms with Crippen LogP contribution in [0.2, 0.25) is 0 Å². The van der Waals surface area contributed by atoms with Crippen LogP contribution in [-0.4, -0.2) is 64.4 Å². The Kier molecular flexibility index (Phi) is 5.77. The van der Waals surface area contributed by atoms with Crippen molar-refractivity contribution in [3.63, 3.8) is 0 Å². The van der Waals surface area contributed by atoms with Crippen LogP contribution in [0.1, 0.15) is 42.7 Å². The Balaban J connectivity index is 1.26. The molecule has 1 heterocycles. The van der Waals surface area contributed by atoms with E-state index in [1.165, 1.54) is 4.90 Å². The van der Waals surface area contributed by atoms with E-state index in [0.29, 0.717) is 12.8 Å². The highest BCUT2D eigenvalue weighted by atomic mass is 16.5. The van der Waals surface area contributed by atoms with Crippen LogP contribution in [0.15, 0.2) is 48.5 Å². The molecule has 2 amide bonds. The van der Waals surface area contributed by atoms with Crippen LogP contribution in [-0.2, 0) is 14.3 Å². The van der Waals surface area contributed by atoms with Gasteiger partial charge in [-0.3, -0.25) is 9.59 Å². The largest absolute Gasteiger partial charge is 0.481 e. The van der Waals surface area contributed by atoms with Gasteiger partial charge in [-0.15, -0.1) is 0 Å². The SMILES string of the molecule is O=C(NC1(C(=O)N2CC(O)CC(C(=O)O)C2)CCC1)OCC1c2ccccc2-c2ccccc21. The minimum absolute atomic E-state index is 0.0271. The van der Waals surface area contributed by atoms with E-state index >= 15 is 0 Å². The van der Waals surface area contributed by atoms with Crippen molar-refractivity contribution in [2.45, 2.75) is 43.2 Å². The number of ether oxygens (including phenoxy) is 1. The van der Waals surface area contributed by atoms with Gasteiger partial charge < -0.3 is 25.2 Å². The lowest BCUT2D eigenvalue weighted by molar-refractivity contribution is -0.153. The molecule has 2 unspecified atom stereocenters. The van der Waals surface area contributed by atoms with Gasteiger partial charge in [0, 0.05) is 19.0 Å². The minimum atomic E-state index is -1.11. The number of amides is 2. The number of aliphatic carboxylic acids is 1. The number of benzene rings is 2. The van der Waals surface area contributed by atoms with Gasteiger partial charge in [-0.2, -0.15) is 0 Å². The normalized spacial score (nSPS) is 22.8. The number of carbonyl (C=O) groups excluding carboxylic acids is 2. The molecule has 1 saturated heterocycles. The van der Waals surface area contributed by atoms with Crippen LogP contribution in [0.3, 0.4) is 0 Å². The number of carboxylic acids is 1. The van der Waals surface area contributed by atoms with Gasteiger partial charge in [0.1, 0.15) is 12.1 Å². The van der Waals surface area contributed by atoms with E-state index in [-0.39, 0.29) is 37.9 Å². The topological polar surface area (TPSA) is 116 Å². The molecule has 2 atom stereocenters. The molecule has 34 heavy (non-hydrogen) atoms. The molecule has 0 bridgehead atoms. The number of nitrogens with zero attached hydrogens (tertiary/aromatic N) is 1. The Bertz CT molecular complexity index is 1080. The monoisotopic (exact) mass is 464 g/mol. The lowest BCUT2D eigenvalue weighted by Gasteiger charge is -2.45. The molecule has 5 rings (SSSR count). The first-order valence-corrected chi connectivity index (χ1v) is 11.7. The van der Waals surface area contributed by atoms with E-state index in [2.05, 4.69) is 17.4 Å². The van der Waals surface area contributed by atoms with Crippen molar-refractivity contribution in [3.05, 3.63) is 59.7 Å². The van der Waals surface area contributed by atoms with Crippen molar-refractivity contribution < 1.29 is 29.3 Å². The number of aliphatic hydroxyl groups excluding tert-OH is 1. The number of fused-ring (bicyclic) bond motifs is 3. The molecule has 3 N–H and O–H groups in total. The Morgan fingerprint density at radius 1 is 1.00 bits per heavy atom. The Morgan fingerprint density at radius 2 is 1.62 bits per heavy atom. The van der Waals surface area contributed by atoms with E-state index in [0.717, 1.165) is 28.7 Å². The van der Waals surface area contributed by atoms with Crippen molar-refractivity contribution in [3.8, 4) is 11.1 Å². The van der Waals surface area contributed by atoms with E-state index in [9.17, 15) is 24.6 Å². The van der Waals surface area contributed by atoms with E-state index in [1.807, 2.05) is 36.4 Å². The number of β-amino-alcohol motifs (C(OH)–C–C–N with tert-alkyl or cyclic N) is 1. The summed E-state index contributed by atoms with van der Waals surface area (Å²) in [5, 5.41) is 22.2. The molecule has 3 aliphatic rings.